The predicted octanol–water partition coefficient (Wildman–Crippen LogP) is 4.33. The number of nitrogens with zero attached hydrogens (tertiary/aromatic N) is 2. The maximum absolute atomic E-state index is 13.0. The Bertz CT molecular complexity index is 730. The molecule has 5 heteroatoms. The molecule has 1 fully saturated rings. The van der Waals surface area contributed by atoms with Crippen molar-refractivity contribution in [3.8, 4) is 5.75 Å². The van der Waals surface area contributed by atoms with E-state index >= 15 is 0 Å². The molecule has 4 rings (SSSR count). The van der Waals surface area contributed by atoms with Gasteiger partial charge in [0.2, 0.25) is 0 Å². The van der Waals surface area contributed by atoms with Gasteiger partial charge in [-0.25, -0.2) is 4.39 Å². The van der Waals surface area contributed by atoms with Crippen molar-refractivity contribution in [1.82, 2.24) is 4.90 Å². The van der Waals surface area contributed by atoms with Gasteiger partial charge in [-0.3, -0.25) is 4.90 Å². The minimum absolute atomic E-state index is 0. The predicted molar refractivity (Wildman–Crippen MR) is 111 cm³/mol. The van der Waals surface area contributed by atoms with E-state index < -0.39 is 0 Å². The summed E-state index contributed by atoms with van der Waals surface area (Å²) in [5.74, 6) is 0.850. The van der Waals surface area contributed by atoms with E-state index in [0.29, 0.717) is 0 Å². The van der Waals surface area contributed by atoms with Gasteiger partial charge in [0.25, 0.3) is 0 Å². The fourth-order valence-electron chi connectivity index (χ4n) is 4.00. The van der Waals surface area contributed by atoms with Crippen LogP contribution in [0.4, 0.5) is 10.1 Å². The highest BCUT2D eigenvalue weighted by Gasteiger charge is 2.17. The number of halogens is 2. The lowest BCUT2D eigenvalue weighted by molar-refractivity contribution is 0.224. The summed E-state index contributed by atoms with van der Waals surface area (Å²) in [6, 6.07) is 13.4. The van der Waals surface area contributed by atoms with Crippen LogP contribution < -0.4 is 9.64 Å². The van der Waals surface area contributed by atoms with Crippen molar-refractivity contribution in [3.05, 3.63) is 59.4 Å². The fraction of sp³-hybridized carbons (Fsp3) is 0.455. The van der Waals surface area contributed by atoms with Crippen LogP contribution in [0, 0.1) is 5.82 Å². The number of anilines is 1. The second-order valence-electron chi connectivity index (χ2n) is 7.29. The SMILES string of the molecule is Cl.Fc1ccc(N2CCN(CCCOc3ccc4c(c3)CCC4)CC2)cc1. The number of aryl methyl sites for hydroxylation is 2. The van der Waals surface area contributed by atoms with Crippen LogP contribution in [0.25, 0.3) is 0 Å². The van der Waals surface area contributed by atoms with Crippen LogP contribution in [0.15, 0.2) is 42.5 Å². The van der Waals surface area contributed by atoms with E-state index in [2.05, 4.69) is 28.0 Å². The van der Waals surface area contributed by atoms with E-state index in [9.17, 15) is 4.39 Å². The monoisotopic (exact) mass is 390 g/mol. The van der Waals surface area contributed by atoms with Crippen molar-refractivity contribution in [3.63, 3.8) is 0 Å². The van der Waals surface area contributed by atoms with Crippen molar-refractivity contribution in [2.24, 2.45) is 0 Å². The zero-order valence-electron chi connectivity index (χ0n) is 15.7. The Balaban J connectivity index is 0.00000210. The van der Waals surface area contributed by atoms with Crippen molar-refractivity contribution < 1.29 is 9.13 Å². The summed E-state index contributed by atoms with van der Waals surface area (Å²) >= 11 is 0. The minimum atomic E-state index is -0.171. The molecule has 2 aliphatic rings. The van der Waals surface area contributed by atoms with Crippen LogP contribution in [0.2, 0.25) is 0 Å². The highest BCUT2D eigenvalue weighted by molar-refractivity contribution is 5.85. The van der Waals surface area contributed by atoms with E-state index in [4.69, 9.17) is 4.74 Å². The van der Waals surface area contributed by atoms with Gasteiger partial charge >= 0.3 is 0 Å². The molecule has 27 heavy (non-hydrogen) atoms. The molecule has 1 saturated heterocycles. The Morgan fingerprint density at radius 2 is 1.63 bits per heavy atom. The van der Waals surface area contributed by atoms with E-state index in [1.807, 2.05) is 12.1 Å². The molecule has 2 aromatic carbocycles. The molecule has 1 aliphatic carbocycles. The smallest absolute Gasteiger partial charge is 0.123 e. The number of benzene rings is 2. The molecule has 0 amide bonds. The first-order valence-corrected chi connectivity index (χ1v) is 9.75. The molecule has 0 saturated carbocycles. The number of hydrogen-bond donors (Lipinski definition) is 0. The number of fused-ring (bicyclic) bond motifs is 1. The molecule has 146 valence electrons. The third-order valence-electron chi connectivity index (χ3n) is 5.52. The number of ether oxygens (including phenoxy) is 1. The summed E-state index contributed by atoms with van der Waals surface area (Å²) < 4.78 is 19.0. The first-order valence-electron chi connectivity index (χ1n) is 9.75. The lowest BCUT2D eigenvalue weighted by atomic mass is 10.1. The van der Waals surface area contributed by atoms with Gasteiger partial charge in [-0.2, -0.15) is 0 Å². The van der Waals surface area contributed by atoms with Gasteiger partial charge in [0.1, 0.15) is 11.6 Å². The lowest BCUT2D eigenvalue weighted by Gasteiger charge is -2.36. The van der Waals surface area contributed by atoms with Crippen LogP contribution >= 0.6 is 12.4 Å². The summed E-state index contributed by atoms with van der Waals surface area (Å²) in [5.41, 5.74) is 4.08. The molecule has 0 N–H and O–H groups in total. The van der Waals surface area contributed by atoms with E-state index in [1.54, 1.807) is 0 Å². The maximum Gasteiger partial charge on any atom is 0.123 e. The summed E-state index contributed by atoms with van der Waals surface area (Å²) in [6.07, 6.45) is 4.75. The van der Waals surface area contributed by atoms with Gasteiger partial charge < -0.3 is 9.64 Å². The Labute approximate surface area is 167 Å². The Morgan fingerprint density at radius 3 is 2.41 bits per heavy atom. The van der Waals surface area contributed by atoms with Crippen LogP contribution in [0.3, 0.4) is 0 Å². The molecule has 0 atom stereocenters. The van der Waals surface area contributed by atoms with Crippen molar-refractivity contribution in [1.29, 1.82) is 0 Å². The van der Waals surface area contributed by atoms with E-state index in [1.165, 1.54) is 42.5 Å². The molecule has 0 unspecified atom stereocenters. The standard InChI is InChI=1S/C22H27FN2O.ClH/c23-20-6-8-21(9-7-20)25-14-12-24(13-15-25)11-2-16-26-22-10-5-18-3-1-4-19(18)17-22;/h5-10,17H,1-4,11-16H2;1H. The van der Waals surface area contributed by atoms with Crippen molar-refractivity contribution in [2.45, 2.75) is 25.7 Å². The average molecular weight is 391 g/mol. The Morgan fingerprint density at radius 1 is 0.889 bits per heavy atom. The fourth-order valence-corrected chi connectivity index (χ4v) is 4.00. The molecule has 1 heterocycles. The van der Waals surface area contributed by atoms with Gasteiger partial charge in [-0.15, -0.1) is 12.4 Å². The maximum atomic E-state index is 13.0. The Hall–Kier alpha value is -1.78. The van der Waals surface area contributed by atoms with Gasteiger partial charge in [-0.05, 0) is 73.2 Å². The molecule has 0 aromatic heterocycles. The zero-order chi connectivity index (χ0) is 17.8. The molecule has 2 aromatic rings. The minimum Gasteiger partial charge on any atom is -0.494 e. The molecule has 0 radical (unpaired) electrons. The zero-order valence-corrected chi connectivity index (χ0v) is 16.5. The topological polar surface area (TPSA) is 15.7 Å². The van der Waals surface area contributed by atoms with Gasteiger partial charge in [0, 0.05) is 38.4 Å². The number of rotatable bonds is 6. The number of hydrogen-bond acceptors (Lipinski definition) is 3. The molecular formula is C22H28ClFN2O. The van der Waals surface area contributed by atoms with Crippen LogP contribution in [-0.2, 0) is 12.8 Å². The summed E-state index contributed by atoms with van der Waals surface area (Å²) in [4.78, 5) is 4.82. The number of piperazine rings is 1. The second kappa shape index (κ2) is 9.43. The summed E-state index contributed by atoms with van der Waals surface area (Å²) in [7, 11) is 0. The third kappa shape index (κ3) is 5.14. The summed E-state index contributed by atoms with van der Waals surface area (Å²) in [5, 5.41) is 0. The highest BCUT2D eigenvalue weighted by atomic mass is 35.5. The van der Waals surface area contributed by atoms with Crippen LogP contribution in [0.5, 0.6) is 5.75 Å². The van der Waals surface area contributed by atoms with Crippen molar-refractivity contribution >= 4 is 18.1 Å². The molecular weight excluding hydrogens is 363 g/mol. The van der Waals surface area contributed by atoms with Gasteiger partial charge in [0.15, 0.2) is 0 Å². The largest absolute Gasteiger partial charge is 0.494 e. The first-order chi connectivity index (χ1) is 12.8. The van der Waals surface area contributed by atoms with Gasteiger partial charge in [-0.1, -0.05) is 6.07 Å². The van der Waals surface area contributed by atoms with Crippen LogP contribution in [0.1, 0.15) is 24.0 Å². The molecule has 1 aliphatic heterocycles. The summed E-state index contributed by atoms with van der Waals surface area (Å²) in [6.45, 7) is 5.94. The quantitative estimate of drug-likeness (QED) is 0.683. The second-order valence-corrected chi connectivity index (χ2v) is 7.29. The van der Waals surface area contributed by atoms with Crippen molar-refractivity contribution in [2.75, 3.05) is 44.2 Å². The van der Waals surface area contributed by atoms with Gasteiger partial charge in [0.05, 0.1) is 6.61 Å². The van der Waals surface area contributed by atoms with Crippen LogP contribution in [-0.4, -0.2) is 44.2 Å². The molecule has 0 bridgehead atoms. The normalized spacial score (nSPS) is 16.7. The third-order valence-corrected chi connectivity index (χ3v) is 5.52. The van der Waals surface area contributed by atoms with E-state index in [-0.39, 0.29) is 18.2 Å². The average Bonchev–Trinajstić information content (AvgIpc) is 3.14. The Kier molecular flexibility index (Phi) is 6.97. The lowest BCUT2D eigenvalue weighted by Crippen LogP contribution is -2.46. The molecule has 0 spiro atoms. The highest BCUT2D eigenvalue weighted by Crippen LogP contribution is 2.26. The van der Waals surface area contributed by atoms with E-state index in [0.717, 1.165) is 57.2 Å². The first kappa shape index (κ1) is 20.0. The molecule has 3 nitrogen and oxygen atoms in total.